The molecule has 7 heteroatoms. The minimum absolute atomic E-state index is 0.0342. The maximum atomic E-state index is 13.3. The summed E-state index contributed by atoms with van der Waals surface area (Å²) < 4.78 is 7.10. The first-order valence-corrected chi connectivity index (χ1v) is 10.2. The molecule has 2 aromatic carbocycles. The lowest BCUT2D eigenvalue weighted by Gasteiger charge is -2.30. The number of ether oxygens (including phenoxy) is 1. The summed E-state index contributed by atoms with van der Waals surface area (Å²) in [4.78, 5) is 27.2. The Morgan fingerprint density at radius 2 is 1.81 bits per heavy atom. The Hall–Kier alpha value is -3.71. The second-order valence-electron chi connectivity index (χ2n) is 6.99. The Bertz CT molecular complexity index is 1190. The molecule has 0 aliphatic carbocycles. The summed E-state index contributed by atoms with van der Waals surface area (Å²) in [5, 5.41) is 2.73. The highest BCUT2D eigenvalue weighted by Gasteiger charge is 2.35. The molecule has 1 N–H and O–H groups in total. The number of carbonyl (C=O) groups excluding carboxylic acids is 2. The van der Waals surface area contributed by atoms with Crippen molar-refractivity contribution in [3.8, 4) is 11.4 Å². The minimum atomic E-state index is -0.502. The quantitative estimate of drug-likeness (QED) is 0.378. The van der Waals surface area contributed by atoms with Crippen LogP contribution < -0.4 is 15.0 Å². The van der Waals surface area contributed by atoms with Gasteiger partial charge in [-0.15, -0.1) is 0 Å². The maximum absolute atomic E-state index is 13.3. The van der Waals surface area contributed by atoms with Gasteiger partial charge in [0.1, 0.15) is 11.3 Å². The molecule has 0 spiro atoms. The van der Waals surface area contributed by atoms with Gasteiger partial charge in [-0.05, 0) is 72.2 Å². The Morgan fingerprint density at radius 1 is 1.06 bits per heavy atom. The number of para-hydroxylation sites is 1. The van der Waals surface area contributed by atoms with Gasteiger partial charge in [0.2, 0.25) is 0 Å². The summed E-state index contributed by atoms with van der Waals surface area (Å²) >= 11 is 5.31. The van der Waals surface area contributed by atoms with E-state index in [1.54, 1.807) is 13.2 Å². The number of carbonyl (C=O) groups is 2. The average Bonchev–Trinajstić information content (AvgIpc) is 3.25. The lowest BCUT2D eigenvalue weighted by molar-refractivity contribution is -0.122. The van der Waals surface area contributed by atoms with Gasteiger partial charge >= 0.3 is 0 Å². The van der Waals surface area contributed by atoms with E-state index in [0.717, 1.165) is 29.0 Å². The van der Waals surface area contributed by atoms with Crippen LogP contribution in [0, 0.1) is 0 Å². The van der Waals surface area contributed by atoms with E-state index in [1.165, 1.54) is 4.90 Å². The van der Waals surface area contributed by atoms with Crippen LogP contribution in [0.3, 0.4) is 0 Å². The van der Waals surface area contributed by atoms with E-state index in [4.69, 9.17) is 17.0 Å². The predicted molar refractivity (Wildman–Crippen MR) is 124 cm³/mol. The van der Waals surface area contributed by atoms with Crippen LogP contribution >= 0.6 is 12.2 Å². The molecule has 31 heavy (non-hydrogen) atoms. The van der Waals surface area contributed by atoms with E-state index >= 15 is 0 Å². The molecule has 0 unspecified atom stereocenters. The molecule has 6 nitrogen and oxygen atoms in total. The normalized spacial score (nSPS) is 15.4. The molecular weight excluding hydrogens is 410 g/mol. The number of hydrogen-bond donors (Lipinski definition) is 1. The van der Waals surface area contributed by atoms with Gasteiger partial charge < -0.3 is 9.30 Å². The Balaban J connectivity index is 1.67. The molecule has 0 atom stereocenters. The summed E-state index contributed by atoms with van der Waals surface area (Å²) in [6.45, 7) is 2.01. The van der Waals surface area contributed by atoms with Crippen molar-refractivity contribution < 1.29 is 14.3 Å². The van der Waals surface area contributed by atoms with Crippen LogP contribution in [0.4, 0.5) is 5.69 Å². The van der Waals surface area contributed by atoms with Gasteiger partial charge in [-0.3, -0.25) is 19.8 Å². The molecular formula is C24H21N3O3S. The zero-order valence-electron chi connectivity index (χ0n) is 17.2. The van der Waals surface area contributed by atoms with E-state index in [9.17, 15) is 9.59 Å². The Kier molecular flexibility index (Phi) is 5.68. The number of thiocarbonyl (C=S) groups is 1. The van der Waals surface area contributed by atoms with Crippen molar-refractivity contribution in [1.82, 2.24) is 9.88 Å². The van der Waals surface area contributed by atoms with Gasteiger partial charge in [0, 0.05) is 18.1 Å². The number of amides is 2. The molecule has 2 heterocycles. The second kappa shape index (κ2) is 8.57. The van der Waals surface area contributed by atoms with Crippen LogP contribution in [-0.2, 0) is 16.0 Å². The largest absolute Gasteiger partial charge is 0.497 e. The molecule has 1 saturated heterocycles. The van der Waals surface area contributed by atoms with Gasteiger partial charge in [-0.25, -0.2) is 0 Å². The van der Waals surface area contributed by atoms with Crippen LogP contribution in [0.2, 0.25) is 0 Å². The number of hydrogen-bond acceptors (Lipinski definition) is 4. The van der Waals surface area contributed by atoms with Crippen molar-refractivity contribution in [2.45, 2.75) is 13.3 Å². The number of aromatic nitrogens is 1. The molecule has 1 aromatic heterocycles. The molecule has 156 valence electrons. The van der Waals surface area contributed by atoms with Crippen LogP contribution in [0.5, 0.6) is 5.75 Å². The van der Waals surface area contributed by atoms with Crippen LogP contribution in [0.25, 0.3) is 11.8 Å². The Labute approximate surface area is 185 Å². The zero-order chi connectivity index (χ0) is 22.0. The first kappa shape index (κ1) is 20.6. The lowest BCUT2D eigenvalue weighted by atomic mass is 10.1. The lowest BCUT2D eigenvalue weighted by Crippen LogP contribution is -2.54. The smallest absolute Gasteiger partial charge is 0.270 e. The number of anilines is 1. The first-order valence-electron chi connectivity index (χ1n) is 9.83. The van der Waals surface area contributed by atoms with E-state index in [2.05, 4.69) is 5.32 Å². The fourth-order valence-corrected chi connectivity index (χ4v) is 3.76. The van der Waals surface area contributed by atoms with E-state index < -0.39 is 11.8 Å². The van der Waals surface area contributed by atoms with Gasteiger partial charge in [0.05, 0.1) is 12.8 Å². The van der Waals surface area contributed by atoms with Crippen molar-refractivity contribution in [1.29, 1.82) is 0 Å². The van der Waals surface area contributed by atoms with Gasteiger partial charge in [-0.2, -0.15) is 0 Å². The molecule has 0 saturated carbocycles. The number of nitrogens with zero attached hydrogens (tertiary/aromatic N) is 2. The molecule has 1 aliphatic heterocycles. The summed E-state index contributed by atoms with van der Waals surface area (Å²) in [6.07, 6.45) is 6.04. The van der Waals surface area contributed by atoms with Gasteiger partial charge in [-0.1, -0.05) is 25.1 Å². The fourth-order valence-electron chi connectivity index (χ4n) is 3.48. The molecule has 0 bridgehead atoms. The third kappa shape index (κ3) is 4.00. The molecule has 1 aliphatic rings. The van der Waals surface area contributed by atoms with Crippen LogP contribution in [0.15, 0.2) is 72.6 Å². The number of aryl methyl sites for hydroxylation is 1. The fraction of sp³-hybridized carbons (Fsp3) is 0.125. The maximum Gasteiger partial charge on any atom is 0.270 e. The highest BCUT2D eigenvalue weighted by molar-refractivity contribution is 7.80. The highest BCUT2D eigenvalue weighted by Crippen LogP contribution is 2.26. The molecule has 1 fully saturated rings. The second-order valence-corrected chi connectivity index (χ2v) is 7.38. The SMILES string of the molecule is CCc1ccccc1N1C(=O)/C(=C\c2ccn(-c3ccc(OC)cc3)c2)C(=O)NC1=S. The van der Waals surface area contributed by atoms with E-state index in [1.807, 2.05) is 78.5 Å². The van der Waals surface area contributed by atoms with Crippen molar-refractivity contribution >= 4 is 40.9 Å². The first-order chi connectivity index (χ1) is 15.0. The third-order valence-electron chi connectivity index (χ3n) is 5.11. The van der Waals surface area contributed by atoms with Crippen molar-refractivity contribution in [2.24, 2.45) is 0 Å². The molecule has 3 aromatic rings. The monoisotopic (exact) mass is 431 g/mol. The molecule has 2 amide bonds. The van der Waals surface area contributed by atoms with E-state index in [0.29, 0.717) is 5.69 Å². The molecule has 4 rings (SSSR count). The summed E-state index contributed by atoms with van der Waals surface area (Å²) in [6, 6.07) is 17.0. The topological polar surface area (TPSA) is 63.6 Å². The zero-order valence-corrected chi connectivity index (χ0v) is 18.0. The number of methoxy groups -OCH3 is 1. The predicted octanol–water partition coefficient (Wildman–Crippen LogP) is 3.88. The molecule has 0 radical (unpaired) electrons. The number of rotatable bonds is 5. The average molecular weight is 432 g/mol. The van der Waals surface area contributed by atoms with Crippen molar-refractivity contribution in [3.63, 3.8) is 0 Å². The van der Waals surface area contributed by atoms with Crippen molar-refractivity contribution in [2.75, 3.05) is 12.0 Å². The highest BCUT2D eigenvalue weighted by atomic mass is 32.1. The van der Waals surface area contributed by atoms with Gasteiger partial charge in [0.25, 0.3) is 11.8 Å². The third-order valence-corrected chi connectivity index (χ3v) is 5.40. The Morgan fingerprint density at radius 3 is 2.52 bits per heavy atom. The minimum Gasteiger partial charge on any atom is -0.497 e. The van der Waals surface area contributed by atoms with Crippen molar-refractivity contribution in [3.05, 3.63) is 83.7 Å². The summed E-state index contributed by atoms with van der Waals surface area (Å²) in [5.74, 6) is -0.171. The summed E-state index contributed by atoms with van der Waals surface area (Å²) in [5.41, 5.74) is 3.35. The van der Waals surface area contributed by atoms with Crippen LogP contribution in [0.1, 0.15) is 18.1 Å². The number of nitrogens with one attached hydrogen (secondary N) is 1. The van der Waals surface area contributed by atoms with Gasteiger partial charge in [0.15, 0.2) is 5.11 Å². The number of benzene rings is 2. The summed E-state index contributed by atoms with van der Waals surface area (Å²) in [7, 11) is 1.62. The van der Waals surface area contributed by atoms with E-state index in [-0.39, 0.29) is 10.7 Å². The van der Waals surface area contributed by atoms with Crippen LogP contribution in [-0.4, -0.2) is 28.6 Å². The standard InChI is InChI=1S/C24H21N3O3S/c1-3-17-6-4-5-7-21(17)27-23(29)20(22(28)25-24(27)31)14-16-12-13-26(15-16)18-8-10-19(30-2)11-9-18/h4-15H,3H2,1-2H3,(H,25,28,31)/b20-14-.